The fourth-order valence-corrected chi connectivity index (χ4v) is 1.18. The minimum absolute atomic E-state index is 0.203. The van der Waals surface area contributed by atoms with E-state index in [0.29, 0.717) is 5.69 Å². The number of carboxylic acid groups (broad SMARTS) is 1. The molecule has 0 aliphatic carbocycles. The highest BCUT2D eigenvalue weighted by Crippen LogP contribution is 1.94. The first-order chi connectivity index (χ1) is 7.65. The van der Waals surface area contributed by atoms with Gasteiger partial charge in [0.2, 0.25) is 0 Å². The molecule has 0 fully saturated rings. The number of aliphatic carboxylic acids is 1. The minimum Gasteiger partial charge on any atom is -0.480 e. The first kappa shape index (κ1) is 10.1. The SMILES string of the molecule is O=C(O)Cn1cc(Cn2cn[nH]c2=O)nn1. The monoisotopic (exact) mass is 224 g/mol. The Morgan fingerprint density at radius 3 is 3.00 bits per heavy atom. The molecule has 9 heteroatoms. The van der Waals surface area contributed by atoms with Crippen molar-refractivity contribution in [3.63, 3.8) is 0 Å². The van der Waals surface area contributed by atoms with Gasteiger partial charge in [-0.05, 0) is 0 Å². The van der Waals surface area contributed by atoms with Gasteiger partial charge in [-0.2, -0.15) is 5.10 Å². The Morgan fingerprint density at radius 1 is 1.56 bits per heavy atom. The predicted octanol–water partition coefficient (Wildman–Crippen LogP) is -1.70. The maximum absolute atomic E-state index is 11.1. The molecule has 2 N–H and O–H groups in total. The highest BCUT2D eigenvalue weighted by molar-refractivity contribution is 5.66. The molecule has 2 aromatic heterocycles. The predicted molar refractivity (Wildman–Crippen MR) is 49.6 cm³/mol. The van der Waals surface area contributed by atoms with Crippen LogP contribution in [0.4, 0.5) is 0 Å². The summed E-state index contributed by atoms with van der Waals surface area (Å²) in [5.74, 6) is -1.00. The van der Waals surface area contributed by atoms with Gasteiger partial charge in [0.1, 0.15) is 18.6 Å². The number of hydrogen-bond acceptors (Lipinski definition) is 5. The zero-order chi connectivity index (χ0) is 11.5. The van der Waals surface area contributed by atoms with Crippen molar-refractivity contribution in [1.29, 1.82) is 0 Å². The number of hydrogen-bond donors (Lipinski definition) is 2. The normalized spacial score (nSPS) is 10.5. The number of nitrogens with one attached hydrogen (secondary N) is 1. The fraction of sp³-hybridized carbons (Fsp3) is 0.286. The Hall–Kier alpha value is -2.45. The van der Waals surface area contributed by atoms with Crippen LogP contribution in [-0.2, 0) is 17.9 Å². The molecule has 0 radical (unpaired) electrons. The van der Waals surface area contributed by atoms with Crippen molar-refractivity contribution in [2.75, 3.05) is 0 Å². The first-order valence-corrected chi connectivity index (χ1v) is 4.36. The molecule has 0 aliphatic rings. The Labute approximate surface area is 88.3 Å². The van der Waals surface area contributed by atoms with E-state index in [-0.39, 0.29) is 18.8 Å². The van der Waals surface area contributed by atoms with E-state index in [9.17, 15) is 9.59 Å². The van der Waals surface area contributed by atoms with E-state index in [4.69, 9.17) is 5.11 Å². The van der Waals surface area contributed by atoms with Gasteiger partial charge in [0.05, 0.1) is 12.7 Å². The summed E-state index contributed by atoms with van der Waals surface area (Å²) in [6.07, 6.45) is 2.80. The lowest BCUT2D eigenvalue weighted by molar-refractivity contribution is -0.137. The van der Waals surface area contributed by atoms with Gasteiger partial charge in [-0.1, -0.05) is 5.21 Å². The molecule has 84 valence electrons. The maximum Gasteiger partial charge on any atom is 0.343 e. The van der Waals surface area contributed by atoms with Crippen molar-refractivity contribution in [2.45, 2.75) is 13.1 Å². The number of rotatable bonds is 4. The molecule has 0 unspecified atom stereocenters. The van der Waals surface area contributed by atoms with Crippen LogP contribution in [0.15, 0.2) is 17.3 Å². The highest BCUT2D eigenvalue weighted by Gasteiger charge is 2.06. The largest absolute Gasteiger partial charge is 0.480 e. The van der Waals surface area contributed by atoms with E-state index in [2.05, 4.69) is 20.5 Å². The summed E-state index contributed by atoms with van der Waals surface area (Å²) in [4.78, 5) is 21.5. The molecule has 2 rings (SSSR count). The van der Waals surface area contributed by atoms with Crippen LogP contribution in [-0.4, -0.2) is 40.8 Å². The van der Waals surface area contributed by atoms with Gasteiger partial charge in [0.25, 0.3) is 0 Å². The number of carboxylic acids is 1. The standard InChI is InChI=1S/C7H8N6O3/c14-6(15)3-13-2-5(9-11-13)1-12-4-8-10-7(12)16/h2,4H,1,3H2,(H,10,16)(H,14,15). The van der Waals surface area contributed by atoms with Crippen molar-refractivity contribution in [3.8, 4) is 0 Å². The molecule has 2 heterocycles. The Balaban J connectivity index is 2.11. The van der Waals surface area contributed by atoms with E-state index in [1.54, 1.807) is 0 Å². The van der Waals surface area contributed by atoms with Gasteiger partial charge in [0.15, 0.2) is 0 Å². The molecule has 0 bridgehead atoms. The van der Waals surface area contributed by atoms with E-state index in [1.165, 1.54) is 21.8 Å². The Kier molecular flexibility index (Phi) is 2.50. The number of nitrogens with zero attached hydrogens (tertiary/aromatic N) is 5. The van der Waals surface area contributed by atoms with Crippen molar-refractivity contribution >= 4 is 5.97 Å². The second-order valence-corrected chi connectivity index (χ2v) is 3.09. The van der Waals surface area contributed by atoms with E-state index < -0.39 is 5.97 Å². The summed E-state index contributed by atoms with van der Waals surface area (Å²) in [7, 11) is 0. The van der Waals surface area contributed by atoms with E-state index in [0.717, 1.165) is 0 Å². The van der Waals surface area contributed by atoms with Crippen LogP contribution < -0.4 is 5.69 Å². The molecule has 0 saturated carbocycles. The molecule has 2 aromatic rings. The van der Waals surface area contributed by atoms with Crippen molar-refractivity contribution in [1.82, 2.24) is 29.8 Å². The summed E-state index contributed by atoms with van der Waals surface area (Å²) in [6.45, 7) is -0.0533. The molecule has 0 aromatic carbocycles. The molecule has 0 atom stereocenters. The van der Waals surface area contributed by atoms with Gasteiger partial charge < -0.3 is 5.11 Å². The smallest absolute Gasteiger partial charge is 0.343 e. The third kappa shape index (κ3) is 2.13. The fourth-order valence-electron chi connectivity index (χ4n) is 1.18. The van der Waals surface area contributed by atoms with Gasteiger partial charge in [0, 0.05) is 0 Å². The molecule has 9 nitrogen and oxygen atoms in total. The summed E-state index contributed by atoms with van der Waals surface area (Å²) in [6, 6.07) is 0. The van der Waals surface area contributed by atoms with Gasteiger partial charge in [-0.15, -0.1) is 5.10 Å². The lowest BCUT2D eigenvalue weighted by Gasteiger charge is -1.93. The molecular formula is C7H8N6O3. The minimum atomic E-state index is -1.00. The van der Waals surface area contributed by atoms with Gasteiger partial charge in [-0.25, -0.2) is 14.6 Å². The van der Waals surface area contributed by atoms with Crippen LogP contribution in [0.5, 0.6) is 0 Å². The summed E-state index contributed by atoms with van der Waals surface area (Å²) in [5.41, 5.74) is 0.137. The van der Waals surface area contributed by atoms with Crippen LogP contribution in [0.3, 0.4) is 0 Å². The lowest BCUT2D eigenvalue weighted by Crippen LogP contribution is -2.16. The van der Waals surface area contributed by atoms with Gasteiger partial charge >= 0.3 is 11.7 Å². The topological polar surface area (TPSA) is 119 Å². The van der Waals surface area contributed by atoms with Crippen LogP contribution >= 0.6 is 0 Å². The summed E-state index contributed by atoms with van der Waals surface area (Å²) < 4.78 is 2.48. The van der Waals surface area contributed by atoms with Crippen LogP contribution in [0, 0.1) is 0 Å². The second kappa shape index (κ2) is 3.96. The molecule has 0 saturated heterocycles. The number of H-pyrrole nitrogens is 1. The third-order valence-corrected chi connectivity index (χ3v) is 1.83. The summed E-state index contributed by atoms with van der Waals surface area (Å²) >= 11 is 0. The first-order valence-electron chi connectivity index (χ1n) is 4.36. The molecule has 0 amide bonds. The Bertz CT molecular complexity index is 552. The molecule has 16 heavy (non-hydrogen) atoms. The van der Waals surface area contributed by atoms with Crippen LogP contribution in [0.25, 0.3) is 0 Å². The average molecular weight is 224 g/mol. The Morgan fingerprint density at radius 2 is 2.38 bits per heavy atom. The van der Waals surface area contributed by atoms with Crippen LogP contribution in [0.2, 0.25) is 0 Å². The third-order valence-electron chi connectivity index (χ3n) is 1.83. The van der Waals surface area contributed by atoms with E-state index in [1.807, 2.05) is 0 Å². The molecular weight excluding hydrogens is 216 g/mol. The van der Waals surface area contributed by atoms with Crippen molar-refractivity contribution in [3.05, 3.63) is 28.7 Å². The second-order valence-electron chi connectivity index (χ2n) is 3.09. The summed E-state index contributed by atoms with van der Waals surface area (Å²) in [5, 5.41) is 21.6. The highest BCUT2D eigenvalue weighted by atomic mass is 16.4. The zero-order valence-electron chi connectivity index (χ0n) is 8.07. The number of aromatic amines is 1. The quantitative estimate of drug-likeness (QED) is 0.638. The van der Waals surface area contributed by atoms with E-state index >= 15 is 0 Å². The number of aromatic nitrogens is 6. The average Bonchev–Trinajstić information content (AvgIpc) is 2.77. The van der Waals surface area contributed by atoms with Crippen molar-refractivity contribution in [2.24, 2.45) is 0 Å². The maximum atomic E-state index is 11.1. The van der Waals surface area contributed by atoms with Crippen LogP contribution in [0.1, 0.15) is 5.69 Å². The lowest BCUT2D eigenvalue weighted by atomic mass is 10.4. The van der Waals surface area contributed by atoms with Gasteiger partial charge in [-0.3, -0.25) is 9.36 Å². The van der Waals surface area contributed by atoms with Crippen molar-refractivity contribution < 1.29 is 9.90 Å². The molecule has 0 spiro atoms. The number of carbonyl (C=O) groups is 1. The molecule has 0 aliphatic heterocycles. The zero-order valence-corrected chi connectivity index (χ0v) is 8.07.